The molecular weight excluding hydrogens is 312 g/mol. The van der Waals surface area contributed by atoms with Crippen LogP contribution in [0, 0.1) is 12.8 Å². The van der Waals surface area contributed by atoms with Gasteiger partial charge in [0, 0.05) is 6.20 Å². The quantitative estimate of drug-likeness (QED) is 0.808. The van der Waals surface area contributed by atoms with Crippen LogP contribution in [0.2, 0.25) is 0 Å². The van der Waals surface area contributed by atoms with Gasteiger partial charge in [-0.15, -0.1) is 0 Å². The molecule has 0 fully saturated rings. The molecule has 0 saturated heterocycles. The molecule has 1 N–H and O–H groups in total. The van der Waals surface area contributed by atoms with Crippen molar-refractivity contribution in [2.45, 2.75) is 46.6 Å². The number of amides is 1. The summed E-state index contributed by atoms with van der Waals surface area (Å²) in [5.74, 6) is 1.04. The number of hydrogen-bond acceptors (Lipinski definition) is 3. The van der Waals surface area contributed by atoms with Gasteiger partial charge in [0.05, 0.1) is 23.4 Å². The first-order chi connectivity index (χ1) is 11.8. The third-order valence-corrected chi connectivity index (χ3v) is 4.07. The molecule has 0 aliphatic heterocycles. The van der Waals surface area contributed by atoms with Crippen LogP contribution in [0.1, 0.15) is 55.7 Å². The van der Waals surface area contributed by atoms with Crippen LogP contribution in [-0.2, 0) is 5.54 Å². The molecule has 0 atom stereocenters. The molecule has 0 aliphatic rings. The zero-order valence-corrected chi connectivity index (χ0v) is 15.8. The van der Waals surface area contributed by atoms with Crippen molar-refractivity contribution in [3.8, 4) is 5.75 Å². The number of ether oxygens (including phenoxy) is 1. The highest BCUT2D eigenvalue weighted by molar-refractivity contribution is 5.97. The lowest BCUT2D eigenvalue weighted by Gasteiger charge is -2.26. The topological polar surface area (TPSA) is 51.2 Å². The van der Waals surface area contributed by atoms with Gasteiger partial charge in [-0.3, -0.25) is 9.78 Å². The summed E-state index contributed by atoms with van der Waals surface area (Å²) in [5, 5.41) is 3.07. The zero-order valence-electron chi connectivity index (χ0n) is 15.8. The van der Waals surface area contributed by atoms with E-state index in [1.807, 2.05) is 57.2 Å². The van der Waals surface area contributed by atoms with E-state index in [2.05, 4.69) is 24.1 Å². The third kappa shape index (κ3) is 5.31. The average Bonchev–Trinajstić information content (AvgIpc) is 2.55. The van der Waals surface area contributed by atoms with Crippen LogP contribution in [0.3, 0.4) is 0 Å². The largest absolute Gasteiger partial charge is 0.493 e. The van der Waals surface area contributed by atoms with Gasteiger partial charge in [0.15, 0.2) is 0 Å². The summed E-state index contributed by atoms with van der Waals surface area (Å²) in [7, 11) is 0. The van der Waals surface area contributed by atoms with Gasteiger partial charge in [0.1, 0.15) is 5.75 Å². The highest BCUT2D eigenvalue weighted by Gasteiger charge is 2.26. The van der Waals surface area contributed by atoms with Gasteiger partial charge in [-0.05, 0) is 62.9 Å². The Hall–Kier alpha value is -2.36. The number of carbonyl (C=O) groups excluding carboxylic acids is 1. The number of nitrogens with one attached hydrogen (secondary N) is 1. The van der Waals surface area contributed by atoms with E-state index in [1.54, 1.807) is 6.20 Å². The molecule has 1 heterocycles. The lowest BCUT2D eigenvalue weighted by Crippen LogP contribution is -2.41. The van der Waals surface area contributed by atoms with Crippen LogP contribution in [0.15, 0.2) is 42.6 Å². The van der Waals surface area contributed by atoms with Gasteiger partial charge in [-0.25, -0.2) is 0 Å². The van der Waals surface area contributed by atoms with E-state index < -0.39 is 5.54 Å². The number of carbonyl (C=O) groups is 1. The van der Waals surface area contributed by atoms with Gasteiger partial charge in [0.2, 0.25) is 0 Å². The van der Waals surface area contributed by atoms with Gasteiger partial charge in [-0.2, -0.15) is 0 Å². The van der Waals surface area contributed by atoms with Gasteiger partial charge >= 0.3 is 0 Å². The lowest BCUT2D eigenvalue weighted by atomic mass is 9.99. The monoisotopic (exact) mass is 340 g/mol. The molecule has 1 aromatic heterocycles. The van der Waals surface area contributed by atoms with E-state index in [0.29, 0.717) is 23.8 Å². The summed E-state index contributed by atoms with van der Waals surface area (Å²) in [6, 6.07) is 11.4. The Bertz CT molecular complexity index is 709. The van der Waals surface area contributed by atoms with Crippen LogP contribution >= 0.6 is 0 Å². The Morgan fingerprint density at radius 2 is 2.00 bits per heavy atom. The second-order valence-corrected chi connectivity index (χ2v) is 7.32. The van der Waals surface area contributed by atoms with Crippen molar-refractivity contribution in [3.05, 3.63) is 59.4 Å². The van der Waals surface area contributed by atoms with Crippen LogP contribution in [0.25, 0.3) is 0 Å². The molecule has 0 saturated carbocycles. The number of nitrogens with zero attached hydrogens (tertiary/aromatic N) is 1. The lowest BCUT2D eigenvalue weighted by molar-refractivity contribution is 0.0906. The molecule has 2 aromatic rings. The van der Waals surface area contributed by atoms with Crippen molar-refractivity contribution in [2.75, 3.05) is 6.61 Å². The Balaban J connectivity index is 2.18. The van der Waals surface area contributed by atoms with Crippen molar-refractivity contribution < 1.29 is 9.53 Å². The number of aryl methyl sites for hydroxylation is 1. The molecule has 1 amide bonds. The molecule has 1 aromatic carbocycles. The molecule has 4 heteroatoms. The number of hydrogen-bond donors (Lipinski definition) is 1. The molecule has 0 spiro atoms. The van der Waals surface area contributed by atoms with Crippen molar-refractivity contribution in [1.29, 1.82) is 0 Å². The second kappa shape index (κ2) is 8.15. The van der Waals surface area contributed by atoms with Crippen LogP contribution in [0.4, 0.5) is 0 Å². The van der Waals surface area contributed by atoms with Crippen LogP contribution < -0.4 is 10.1 Å². The van der Waals surface area contributed by atoms with E-state index in [-0.39, 0.29) is 5.91 Å². The SMILES string of the molecule is Cc1ccc(C(=O)NC(C)(C)c2ccccn2)c(OCCC(C)C)c1. The van der Waals surface area contributed by atoms with Gasteiger partial charge in [-0.1, -0.05) is 26.0 Å². The first-order valence-electron chi connectivity index (χ1n) is 8.77. The number of benzene rings is 1. The molecule has 134 valence electrons. The Kier molecular flexibility index (Phi) is 6.18. The van der Waals surface area contributed by atoms with Crippen LogP contribution in [0.5, 0.6) is 5.75 Å². The molecule has 2 rings (SSSR count). The maximum absolute atomic E-state index is 12.8. The number of rotatable bonds is 7. The number of aromatic nitrogens is 1. The highest BCUT2D eigenvalue weighted by atomic mass is 16.5. The molecule has 25 heavy (non-hydrogen) atoms. The summed E-state index contributed by atoms with van der Waals surface area (Å²) in [4.78, 5) is 17.2. The van der Waals surface area contributed by atoms with Gasteiger partial charge < -0.3 is 10.1 Å². The smallest absolute Gasteiger partial charge is 0.255 e. The molecule has 0 bridgehead atoms. The minimum Gasteiger partial charge on any atom is -0.493 e. The molecular formula is C21H28N2O2. The molecule has 0 aliphatic carbocycles. The summed E-state index contributed by atoms with van der Waals surface area (Å²) in [6.45, 7) is 10.8. The van der Waals surface area contributed by atoms with Gasteiger partial charge in [0.25, 0.3) is 5.91 Å². The first-order valence-corrected chi connectivity index (χ1v) is 8.77. The Morgan fingerprint density at radius 1 is 1.24 bits per heavy atom. The van der Waals surface area contributed by atoms with E-state index in [9.17, 15) is 4.79 Å². The van der Waals surface area contributed by atoms with E-state index in [1.165, 1.54) is 0 Å². The summed E-state index contributed by atoms with van der Waals surface area (Å²) in [5.41, 5.74) is 1.87. The fourth-order valence-electron chi connectivity index (χ4n) is 2.49. The summed E-state index contributed by atoms with van der Waals surface area (Å²) in [6.07, 6.45) is 2.68. The normalized spacial score (nSPS) is 11.4. The summed E-state index contributed by atoms with van der Waals surface area (Å²) < 4.78 is 5.89. The Labute approximate surface area is 150 Å². The maximum atomic E-state index is 12.8. The number of pyridine rings is 1. The summed E-state index contributed by atoms with van der Waals surface area (Å²) >= 11 is 0. The molecule has 0 radical (unpaired) electrons. The predicted octanol–water partition coefficient (Wildman–Crippen LogP) is 4.48. The maximum Gasteiger partial charge on any atom is 0.255 e. The fourth-order valence-corrected chi connectivity index (χ4v) is 2.49. The molecule has 4 nitrogen and oxygen atoms in total. The van der Waals surface area contributed by atoms with Crippen molar-refractivity contribution in [2.24, 2.45) is 5.92 Å². The molecule has 0 unspecified atom stereocenters. The fraction of sp³-hybridized carbons (Fsp3) is 0.429. The average molecular weight is 340 g/mol. The van der Waals surface area contributed by atoms with Crippen molar-refractivity contribution in [3.63, 3.8) is 0 Å². The Morgan fingerprint density at radius 3 is 2.64 bits per heavy atom. The van der Waals surface area contributed by atoms with Crippen molar-refractivity contribution in [1.82, 2.24) is 10.3 Å². The zero-order chi connectivity index (χ0) is 18.4. The van der Waals surface area contributed by atoms with E-state index in [0.717, 1.165) is 17.7 Å². The predicted molar refractivity (Wildman–Crippen MR) is 101 cm³/mol. The van der Waals surface area contributed by atoms with E-state index in [4.69, 9.17) is 4.74 Å². The minimum absolute atomic E-state index is 0.157. The highest BCUT2D eigenvalue weighted by Crippen LogP contribution is 2.24. The first kappa shape index (κ1) is 19.0. The van der Waals surface area contributed by atoms with Crippen molar-refractivity contribution >= 4 is 5.91 Å². The standard InChI is InChI=1S/C21H28N2O2/c1-15(2)11-13-25-18-14-16(3)9-10-17(18)20(24)23-21(4,5)19-8-6-7-12-22-19/h6-10,12,14-15H,11,13H2,1-5H3,(H,23,24). The van der Waals surface area contributed by atoms with Crippen LogP contribution in [-0.4, -0.2) is 17.5 Å². The van der Waals surface area contributed by atoms with E-state index >= 15 is 0 Å². The minimum atomic E-state index is -0.571. The third-order valence-electron chi connectivity index (χ3n) is 4.07. The second-order valence-electron chi connectivity index (χ2n) is 7.32.